The van der Waals surface area contributed by atoms with Crippen LogP contribution in [0.2, 0.25) is 10.0 Å². The molecule has 16 heteroatoms. The Kier molecular flexibility index (Phi) is 14.6. The Morgan fingerprint density at radius 3 is 2.46 bits per heavy atom. The number of carboxylic acid groups (broad SMARTS) is 1. The third-order valence-electron chi connectivity index (χ3n) is 11.6. The van der Waals surface area contributed by atoms with Crippen LogP contribution in [0.15, 0.2) is 85.5 Å². The van der Waals surface area contributed by atoms with Crippen LogP contribution in [0.3, 0.4) is 0 Å². The van der Waals surface area contributed by atoms with Crippen molar-refractivity contribution in [2.75, 3.05) is 77.6 Å². The number of likely N-dealkylation sites (N-methyl/N-ethyl adjacent to an activating group) is 1. The van der Waals surface area contributed by atoms with Crippen molar-refractivity contribution >= 4 is 46.2 Å². The molecule has 1 N–H and O–H groups in total. The molecule has 8 rings (SSSR count). The summed E-state index contributed by atoms with van der Waals surface area (Å²) in [7, 11) is 2.14. The van der Waals surface area contributed by atoms with E-state index in [1.54, 1.807) is 6.20 Å². The van der Waals surface area contributed by atoms with Crippen molar-refractivity contribution < 1.29 is 28.8 Å². The Morgan fingerprint density at radius 1 is 0.873 bits per heavy atom. The first-order valence-corrected chi connectivity index (χ1v) is 22.1. The zero-order valence-electron chi connectivity index (χ0n) is 35.6. The molecule has 3 aromatic heterocycles. The molecule has 3 aromatic carbocycles. The van der Waals surface area contributed by atoms with Gasteiger partial charge in [0.05, 0.1) is 29.3 Å². The van der Waals surface area contributed by atoms with Gasteiger partial charge in [0.25, 0.3) is 0 Å². The van der Waals surface area contributed by atoms with Crippen LogP contribution >= 0.6 is 23.2 Å². The highest BCUT2D eigenvalue weighted by atomic mass is 35.5. The van der Waals surface area contributed by atoms with Crippen molar-refractivity contribution in [3.8, 4) is 28.5 Å². The molecule has 1 atom stereocenters. The number of rotatable bonds is 18. The number of nitrogens with zero attached hydrogens (tertiary/aromatic N) is 8. The number of carboxylic acids is 1. The van der Waals surface area contributed by atoms with Crippen LogP contribution in [-0.4, -0.2) is 124 Å². The Labute approximate surface area is 377 Å². The lowest BCUT2D eigenvalue weighted by molar-refractivity contribution is -0.145. The third-order valence-corrected chi connectivity index (χ3v) is 12.3. The number of morpholine rings is 1. The number of fused-ring (bicyclic) bond motifs is 1. The van der Waals surface area contributed by atoms with E-state index in [0.29, 0.717) is 89.2 Å². The Balaban J connectivity index is 1.05. The lowest BCUT2D eigenvalue weighted by Crippen LogP contribution is -2.45. The molecule has 5 heterocycles. The van der Waals surface area contributed by atoms with Gasteiger partial charge in [-0.1, -0.05) is 59.6 Å². The summed E-state index contributed by atoms with van der Waals surface area (Å²) in [5.74, 6) is 0.753. The molecule has 2 aliphatic rings. The number of halogens is 2. The lowest BCUT2D eigenvalue weighted by atomic mass is 10.0. The summed E-state index contributed by atoms with van der Waals surface area (Å²) in [4.78, 5) is 38.3. The Hall–Kier alpha value is -5.51. The highest BCUT2D eigenvalue weighted by Crippen LogP contribution is 2.41. The van der Waals surface area contributed by atoms with Crippen LogP contribution in [0.25, 0.3) is 22.2 Å². The SMILES string of the molecule is Cc1c(-c2cn(CCCc3ccc(Cl)cc3)c3ncnc(OC(Cc4ccccc4OCc4ccnc(N5CCOCC5)n4)C(=O)O)c23)ccc(OCCN2CCN(C)CC2)c1Cl. The van der Waals surface area contributed by atoms with Crippen molar-refractivity contribution in [1.82, 2.24) is 34.3 Å². The standard InChI is InChI=1S/C47H52Cl2N8O6/c1-32-37(13-14-40(43(32)49)61-27-22-55-20-18-54(2)19-21-55)38-29-57(17-5-6-33-9-11-35(48)12-10-33)44-42(38)45(52-31-51-44)63-41(46(58)59)28-34-7-3-4-8-39(34)62-30-36-15-16-50-47(53-36)56-23-25-60-26-24-56/h3-4,7-16,29,31,41H,5-6,17-28,30H2,1-2H3,(H,58,59). The van der Waals surface area contributed by atoms with Gasteiger partial charge in [-0.05, 0) is 79.4 Å². The number of para-hydroxylation sites is 1. The van der Waals surface area contributed by atoms with Gasteiger partial charge in [-0.15, -0.1) is 0 Å². The normalized spacial score (nSPS) is 15.4. The first-order valence-electron chi connectivity index (χ1n) is 21.4. The topological polar surface area (TPSA) is 140 Å². The summed E-state index contributed by atoms with van der Waals surface area (Å²) in [6.07, 6.45) is 5.47. The van der Waals surface area contributed by atoms with E-state index >= 15 is 0 Å². The number of carbonyl (C=O) groups is 1. The largest absolute Gasteiger partial charge is 0.491 e. The predicted molar refractivity (Wildman–Crippen MR) is 244 cm³/mol. The van der Waals surface area contributed by atoms with E-state index in [0.717, 1.165) is 62.3 Å². The molecule has 1 unspecified atom stereocenters. The van der Waals surface area contributed by atoms with E-state index in [4.69, 9.17) is 52.1 Å². The molecule has 2 saturated heterocycles. The fraction of sp³-hybridized carbons (Fsp3) is 0.383. The average Bonchev–Trinajstić information content (AvgIpc) is 3.67. The van der Waals surface area contributed by atoms with Gasteiger partial charge in [0.1, 0.15) is 36.7 Å². The molecule has 6 aromatic rings. The minimum absolute atomic E-state index is 0.00194. The predicted octanol–water partition coefficient (Wildman–Crippen LogP) is 7.25. The Morgan fingerprint density at radius 2 is 1.67 bits per heavy atom. The maximum Gasteiger partial charge on any atom is 0.345 e. The quantitative estimate of drug-likeness (QED) is 0.0928. The molecule has 14 nitrogen and oxygen atoms in total. The molecular weight excluding hydrogens is 843 g/mol. The van der Waals surface area contributed by atoms with Gasteiger partial charge in [-0.25, -0.2) is 24.7 Å². The van der Waals surface area contributed by atoms with Gasteiger partial charge < -0.3 is 38.4 Å². The number of anilines is 1. The maximum atomic E-state index is 13.0. The summed E-state index contributed by atoms with van der Waals surface area (Å²) in [6, 6.07) is 20.9. The fourth-order valence-electron chi connectivity index (χ4n) is 7.94. The van der Waals surface area contributed by atoms with Crippen molar-refractivity contribution in [3.63, 3.8) is 0 Å². The van der Waals surface area contributed by atoms with E-state index in [9.17, 15) is 9.90 Å². The molecule has 0 bridgehead atoms. The number of aliphatic carboxylic acids is 1. The molecule has 330 valence electrons. The summed E-state index contributed by atoms with van der Waals surface area (Å²) in [5, 5.41) is 12.4. The zero-order valence-corrected chi connectivity index (χ0v) is 37.1. The molecule has 0 saturated carbocycles. The van der Waals surface area contributed by atoms with Crippen LogP contribution in [0.4, 0.5) is 5.95 Å². The molecule has 0 spiro atoms. The van der Waals surface area contributed by atoms with Crippen LogP contribution < -0.4 is 19.1 Å². The van der Waals surface area contributed by atoms with Crippen LogP contribution in [0.5, 0.6) is 17.4 Å². The van der Waals surface area contributed by atoms with E-state index in [1.165, 1.54) is 11.9 Å². The lowest BCUT2D eigenvalue weighted by Gasteiger charge is -2.32. The van der Waals surface area contributed by atoms with Gasteiger partial charge in [0, 0.05) is 81.8 Å². The second kappa shape index (κ2) is 20.8. The number of hydrogen-bond acceptors (Lipinski definition) is 12. The first-order chi connectivity index (χ1) is 30.7. The van der Waals surface area contributed by atoms with Crippen LogP contribution in [-0.2, 0) is 35.5 Å². The fourth-order valence-corrected chi connectivity index (χ4v) is 8.29. The smallest absolute Gasteiger partial charge is 0.345 e. The van der Waals surface area contributed by atoms with E-state index < -0.39 is 12.1 Å². The average molecular weight is 896 g/mol. The molecule has 0 aliphatic carbocycles. The Bertz CT molecular complexity index is 2490. The summed E-state index contributed by atoms with van der Waals surface area (Å²) < 4.78 is 26.5. The highest BCUT2D eigenvalue weighted by molar-refractivity contribution is 6.33. The van der Waals surface area contributed by atoms with Crippen molar-refractivity contribution in [2.45, 2.75) is 45.4 Å². The number of piperazine rings is 1. The molecule has 2 fully saturated rings. The van der Waals surface area contributed by atoms with E-state index in [2.05, 4.69) is 36.3 Å². The van der Waals surface area contributed by atoms with Gasteiger partial charge >= 0.3 is 5.97 Å². The monoisotopic (exact) mass is 894 g/mol. The van der Waals surface area contributed by atoms with Crippen molar-refractivity contribution in [3.05, 3.63) is 118 Å². The molecule has 2 aliphatic heterocycles. The van der Waals surface area contributed by atoms with Gasteiger partial charge in [0.2, 0.25) is 17.9 Å². The second-order valence-corrected chi connectivity index (χ2v) is 16.7. The minimum atomic E-state index is -1.32. The molecule has 63 heavy (non-hydrogen) atoms. The minimum Gasteiger partial charge on any atom is -0.491 e. The van der Waals surface area contributed by atoms with Gasteiger partial charge in [-0.2, -0.15) is 0 Å². The summed E-state index contributed by atoms with van der Waals surface area (Å²) in [6.45, 7) is 10.8. The van der Waals surface area contributed by atoms with E-state index in [1.807, 2.05) is 79.9 Å². The zero-order chi connectivity index (χ0) is 43.7. The van der Waals surface area contributed by atoms with Crippen LogP contribution in [0, 0.1) is 6.92 Å². The van der Waals surface area contributed by atoms with Crippen molar-refractivity contribution in [2.24, 2.45) is 0 Å². The maximum absolute atomic E-state index is 13.0. The van der Waals surface area contributed by atoms with Gasteiger partial charge in [-0.3, -0.25) is 4.90 Å². The summed E-state index contributed by atoms with van der Waals surface area (Å²) in [5.41, 5.74) is 5.55. The number of hydrogen-bond donors (Lipinski definition) is 1. The van der Waals surface area contributed by atoms with E-state index in [-0.39, 0.29) is 18.9 Å². The number of ether oxygens (including phenoxy) is 4. The first kappa shape index (κ1) is 44.1. The number of benzene rings is 3. The number of aryl methyl sites for hydroxylation is 2. The number of aromatic nitrogens is 5. The molecule has 0 radical (unpaired) electrons. The third kappa shape index (κ3) is 11.0. The highest BCUT2D eigenvalue weighted by Gasteiger charge is 2.27. The van der Waals surface area contributed by atoms with Gasteiger partial charge in [0.15, 0.2) is 0 Å². The second-order valence-electron chi connectivity index (χ2n) is 15.9. The van der Waals surface area contributed by atoms with Crippen LogP contribution in [0.1, 0.15) is 28.8 Å². The van der Waals surface area contributed by atoms with Crippen molar-refractivity contribution in [1.29, 1.82) is 0 Å². The molecule has 0 amide bonds. The summed E-state index contributed by atoms with van der Waals surface area (Å²) >= 11 is 13.2. The molecular formula is C47H52Cl2N8O6.